The third-order valence-electron chi connectivity index (χ3n) is 11.1. The van der Waals surface area contributed by atoms with Crippen molar-refractivity contribution in [1.29, 1.82) is 0 Å². The van der Waals surface area contributed by atoms with Crippen molar-refractivity contribution in [3.8, 4) is 11.1 Å². The number of anilines is 6. The second-order valence-corrected chi connectivity index (χ2v) is 14.1. The third kappa shape index (κ3) is 5.42. The molecule has 0 radical (unpaired) electrons. The first-order valence-corrected chi connectivity index (χ1v) is 18.9. The van der Waals surface area contributed by atoms with Crippen LogP contribution in [-0.4, -0.2) is 0 Å². The van der Waals surface area contributed by atoms with Crippen LogP contribution in [0.4, 0.5) is 34.1 Å². The number of hydrogen-bond donors (Lipinski definition) is 0. The smallest absolute Gasteiger partial charge is 0.0715 e. The van der Waals surface area contributed by atoms with Crippen molar-refractivity contribution >= 4 is 44.9 Å². The van der Waals surface area contributed by atoms with Gasteiger partial charge < -0.3 is 9.80 Å². The minimum atomic E-state index is -0.625. The van der Waals surface area contributed by atoms with Gasteiger partial charge >= 0.3 is 0 Å². The van der Waals surface area contributed by atoms with E-state index in [1.807, 2.05) is 0 Å². The van der Waals surface area contributed by atoms with E-state index in [4.69, 9.17) is 0 Å². The molecule has 55 heavy (non-hydrogen) atoms. The highest BCUT2D eigenvalue weighted by Crippen LogP contribution is 2.61. The molecule has 9 aromatic rings. The average Bonchev–Trinajstić information content (AvgIpc) is 3.56. The topological polar surface area (TPSA) is 6.48 Å². The normalized spacial score (nSPS) is 14.3. The Kier molecular flexibility index (Phi) is 8.08. The van der Waals surface area contributed by atoms with Gasteiger partial charge in [0.15, 0.2) is 0 Å². The summed E-state index contributed by atoms with van der Waals surface area (Å²) in [4.78, 5) is 4.84. The van der Waals surface area contributed by atoms with E-state index in [9.17, 15) is 0 Å². The summed E-state index contributed by atoms with van der Waals surface area (Å²) in [6.45, 7) is 0. The summed E-state index contributed by atoms with van der Waals surface area (Å²) in [5, 5.41) is 2.46. The number of hydrogen-bond acceptors (Lipinski definition) is 2. The van der Waals surface area contributed by atoms with E-state index in [1.54, 1.807) is 0 Å². The van der Waals surface area contributed by atoms with E-state index in [-0.39, 0.29) is 0 Å². The lowest BCUT2D eigenvalue weighted by Crippen LogP contribution is -2.29. The third-order valence-corrected chi connectivity index (χ3v) is 11.1. The second kappa shape index (κ2) is 13.7. The van der Waals surface area contributed by atoms with E-state index >= 15 is 0 Å². The summed E-state index contributed by atoms with van der Waals surface area (Å²) >= 11 is 0. The molecule has 1 unspecified atom stereocenters. The quantitative estimate of drug-likeness (QED) is 0.156. The molecule has 9 aromatic carbocycles. The molecule has 0 spiro atoms. The largest absolute Gasteiger partial charge is 0.310 e. The van der Waals surface area contributed by atoms with Gasteiger partial charge in [-0.2, -0.15) is 0 Å². The Morgan fingerprint density at radius 2 is 0.764 bits per heavy atom. The number of benzene rings is 9. The Balaban J connectivity index is 1.39. The monoisotopic (exact) mass is 702 g/mol. The lowest BCUT2D eigenvalue weighted by Gasteiger charge is -2.36. The minimum Gasteiger partial charge on any atom is -0.310 e. The fourth-order valence-corrected chi connectivity index (χ4v) is 8.75. The maximum Gasteiger partial charge on any atom is 0.0715 e. The molecule has 0 bridgehead atoms. The molecule has 0 amide bonds. The van der Waals surface area contributed by atoms with Crippen molar-refractivity contribution < 1.29 is 0 Å². The Bertz CT molecular complexity index is 2670. The minimum absolute atomic E-state index is 0.625. The average molecular weight is 703 g/mol. The van der Waals surface area contributed by atoms with Crippen molar-refractivity contribution in [3.63, 3.8) is 0 Å². The van der Waals surface area contributed by atoms with Crippen LogP contribution in [-0.2, 0) is 5.41 Å². The summed E-state index contributed by atoms with van der Waals surface area (Å²) in [6, 6.07) is 83.9. The number of fused-ring (bicyclic) bond motifs is 4. The predicted molar refractivity (Wildman–Crippen MR) is 231 cm³/mol. The summed E-state index contributed by atoms with van der Waals surface area (Å²) in [7, 11) is 0. The van der Waals surface area contributed by atoms with Gasteiger partial charge in [0.2, 0.25) is 0 Å². The van der Waals surface area contributed by atoms with E-state index < -0.39 is 5.41 Å². The zero-order valence-electron chi connectivity index (χ0n) is 30.3. The van der Waals surface area contributed by atoms with Crippen LogP contribution in [0, 0.1) is 0 Å². The highest BCUT2D eigenvalue weighted by molar-refractivity contribution is 6.00. The molecule has 2 nitrogen and oxygen atoms in total. The maximum absolute atomic E-state index is 2.47. The lowest BCUT2D eigenvalue weighted by molar-refractivity contribution is 0.770. The van der Waals surface area contributed by atoms with Gasteiger partial charge in [0.1, 0.15) is 0 Å². The molecule has 2 heteroatoms. The molecule has 0 fully saturated rings. The van der Waals surface area contributed by atoms with Crippen LogP contribution in [0.15, 0.2) is 231 Å². The van der Waals surface area contributed by atoms with E-state index in [0.29, 0.717) is 0 Å². The highest BCUT2D eigenvalue weighted by atomic mass is 15.2. The van der Waals surface area contributed by atoms with Gasteiger partial charge in [0.05, 0.1) is 11.1 Å². The van der Waals surface area contributed by atoms with E-state index in [0.717, 1.165) is 34.1 Å². The van der Waals surface area contributed by atoms with Gasteiger partial charge in [-0.25, -0.2) is 0 Å². The van der Waals surface area contributed by atoms with Gasteiger partial charge in [0.25, 0.3) is 0 Å². The van der Waals surface area contributed by atoms with Gasteiger partial charge in [0, 0.05) is 34.0 Å². The standard InChI is InChI=1S/C53H38N2/c1-6-22-41(23-7-1)53(42-35-34-39-20-16-17-21-40(39)36-42)49-33-19-18-32-48(49)52-50(53)37-47(54(43-24-8-2-9-25-43)44-26-10-3-11-27-44)38-51(52)55(45-28-12-4-13-29-45)46-30-14-5-15-31-46/h1-38H. The maximum atomic E-state index is 2.47. The molecule has 0 saturated carbocycles. The van der Waals surface area contributed by atoms with Gasteiger partial charge in [-0.1, -0.05) is 164 Å². The first-order chi connectivity index (χ1) is 27.3. The molecule has 0 N–H and O–H groups in total. The molecule has 0 aromatic heterocycles. The van der Waals surface area contributed by atoms with Crippen molar-refractivity contribution in [2.75, 3.05) is 9.80 Å². The summed E-state index contributed by atoms with van der Waals surface area (Å²) in [5.41, 5.74) is 13.4. The van der Waals surface area contributed by atoms with Crippen molar-refractivity contribution in [2.24, 2.45) is 0 Å². The Morgan fingerprint density at radius 3 is 1.35 bits per heavy atom. The lowest BCUT2D eigenvalue weighted by atomic mass is 9.67. The van der Waals surface area contributed by atoms with Crippen LogP contribution < -0.4 is 9.80 Å². The highest BCUT2D eigenvalue weighted by Gasteiger charge is 2.48. The summed E-state index contributed by atoms with van der Waals surface area (Å²) in [5.74, 6) is 0. The molecule has 0 heterocycles. The van der Waals surface area contributed by atoms with Crippen LogP contribution in [0.3, 0.4) is 0 Å². The van der Waals surface area contributed by atoms with Gasteiger partial charge in [-0.15, -0.1) is 0 Å². The number of nitrogens with zero attached hydrogens (tertiary/aromatic N) is 2. The predicted octanol–water partition coefficient (Wildman–Crippen LogP) is 14.1. The SMILES string of the molecule is c1ccc(N(c2ccccc2)c2cc(N(c3ccccc3)c3ccccc3)c3c(c2)C(c2ccccc2)(c2ccc4ccccc4c2)c2ccccc2-3)cc1. The van der Waals surface area contributed by atoms with Crippen LogP contribution in [0.5, 0.6) is 0 Å². The molecular weight excluding hydrogens is 665 g/mol. The first-order valence-electron chi connectivity index (χ1n) is 18.9. The molecule has 0 aliphatic heterocycles. The Morgan fingerprint density at radius 1 is 0.291 bits per heavy atom. The van der Waals surface area contributed by atoms with Crippen LogP contribution >= 0.6 is 0 Å². The van der Waals surface area contributed by atoms with Crippen LogP contribution in [0.2, 0.25) is 0 Å². The number of para-hydroxylation sites is 4. The fraction of sp³-hybridized carbons (Fsp3) is 0.0189. The van der Waals surface area contributed by atoms with E-state index in [2.05, 4.69) is 240 Å². The Hall–Kier alpha value is -7.16. The van der Waals surface area contributed by atoms with E-state index in [1.165, 1.54) is 44.2 Å². The second-order valence-electron chi connectivity index (χ2n) is 14.1. The molecule has 260 valence electrons. The van der Waals surface area contributed by atoms with Crippen molar-refractivity contribution in [3.05, 3.63) is 253 Å². The van der Waals surface area contributed by atoms with Crippen molar-refractivity contribution in [2.45, 2.75) is 5.41 Å². The first kappa shape index (κ1) is 32.5. The fourth-order valence-electron chi connectivity index (χ4n) is 8.75. The summed E-state index contributed by atoms with van der Waals surface area (Å²) in [6.07, 6.45) is 0. The Labute approximate surface area is 322 Å². The van der Waals surface area contributed by atoms with Gasteiger partial charge in [-0.3, -0.25) is 0 Å². The molecule has 1 aliphatic rings. The molecule has 1 atom stereocenters. The molecule has 10 rings (SSSR count). The summed E-state index contributed by atoms with van der Waals surface area (Å²) < 4.78 is 0. The zero-order valence-corrected chi connectivity index (χ0v) is 30.3. The number of rotatable bonds is 8. The molecule has 1 aliphatic carbocycles. The molecule has 0 saturated heterocycles. The van der Waals surface area contributed by atoms with Gasteiger partial charge in [-0.05, 0) is 105 Å². The van der Waals surface area contributed by atoms with Crippen molar-refractivity contribution in [1.82, 2.24) is 0 Å². The molecular formula is C53H38N2. The zero-order chi connectivity index (χ0) is 36.6. The van der Waals surface area contributed by atoms with Crippen LogP contribution in [0.25, 0.3) is 21.9 Å². The van der Waals surface area contributed by atoms with Crippen LogP contribution in [0.1, 0.15) is 22.3 Å².